The topological polar surface area (TPSA) is 40.6 Å². The maximum Gasteiger partial charge on any atom is 0.230 e. The molecule has 1 aliphatic carbocycles. The minimum absolute atomic E-state index is 0.0444. The van der Waals surface area contributed by atoms with Crippen molar-refractivity contribution in [3.8, 4) is 0 Å². The third-order valence-electron chi connectivity index (χ3n) is 6.56. The molecule has 1 unspecified atom stereocenters. The number of likely N-dealkylation sites (tertiary alicyclic amines) is 2. The van der Waals surface area contributed by atoms with Crippen LogP contribution in [0.1, 0.15) is 56.6 Å². The first-order valence-corrected chi connectivity index (χ1v) is 10.1. The number of benzene rings is 1. The van der Waals surface area contributed by atoms with Gasteiger partial charge in [-0.05, 0) is 42.7 Å². The summed E-state index contributed by atoms with van der Waals surface area (Å²) in [5, 5.41) is 0. The highest BCUT2D eigenvalue weighted by molar-refractivity contribution is 5.85. The molecule has 4 nitrogen and oxygen atoms in total. The van der Waals surface area contributed by atoms with Gasteiger partial charge in [0, 0.05) is 38.0 Å². The molecule has 1 atom stereocenters. The Morgan fingerprint density at radius 3 is 2.69 bits per heavy atom. The van der Waals surface area contributed by atoms with Gasteiger partial charge in [-0.1, -0.05) is 38.1 Å². The molecular weight excluding hydrogens is 324 g/mol. The summed E-state index contributed by atoms with van der Waals surface area (Å²) in [5.74, 6) is 1.16. The zero-order chi connectivity index (χ0) is 18.3. The first kappa shape index (κ1) is 17.6. The first-order valence-electron chi connectivity index (χ1n) is 10.1. The van der Waals surface area contributed by atoms with E-state index in [0.717, 1.165) is 51.9 Å². The van der Waals surface area contributed by atoms with Gasteiger partial charge in [0.05, 0.1) is 5.92 Å². The van der Waals surface area contributed by atoms with Gasteiger partial charge >= 0.3 is 0 Å². The number of piperidine rings is 1. The molecule has 0 aromatic heterocycles. The molecule has 0 radical (unpaired) electrons. The Balaban J connectivity index is 1.39. The van der Waals surface area contributed by atoms with E-state index < -0.39 is 0 Å². The van der Waals surface area contributed by atoms with Crippen LogP contribution in [0.15, 0.2) is 24.3 Å². The van der Waals surface area contributed by atoms with E-state index in [1.807, 2.05) is 6.07 Å². The van der Waals surface area contributed by atoms with Crippen LogP contribution in [0, 0.1) is 11.3 Å². The van der Waals surface area contributed by atoms with Crippen LogP contribution in [-0.4, -0.2) is 47.8 Å². The maximum absolute atomic E-state index is 13.1. The predicted octanol–water partition coefficient (Wildman–Crippen LogP) is 3.21. The molecule has 4 rings (SSSR count). The second kappa shape index (κ2) is 6.71. The van der Waals surface area contributed by atoms with Crippen LogP contribution >= 0.6 is 0 Å². The van der Waals surface area contributed by atoms with Gasteiger partial charge in [-0.25, -0.2) is 0 Å². The van der Waals surface area contributed by atoms with Gasteiger partial charge in [0.1, 0.15) is 0 Å². The number of rotatable bonds is 3. The summed E-state index contributed by atoms with van der Waals surface area (Å²) in [6, 6.07) is 8.39. The Kier molecular flexibility index (Phi) is 4.54. The average Bonchev–Trinajstić information content (AvgIpc) is 3.16. The average molecular weight is 354 g/mol. The molecule has 2 saturated heterocycles. The zero-order valence-electron chi connectivity index (χ0n) is 16.0. The van der Waals surface area contributed by atoms with Crippen LogP contribution in [0.25, 0.3) is 0 Å². The van der Waals surface area contributed by atoms with Crippen LogP contribution in [0.2, 0.25) is 0 Å². The molecule has 2 aliphatic heterocycles. The van der Waals surface area contributed by atoms with E-state index in [9.17, 15) is 9.59 Å². The third kappa shape index (κ3) is 3.15. The molecule has 0 N–H and O–H groups in total. The van der Waals surface area contributed by atoms with Crippen molar-refractivity contribution in [2.45, 2.75) is 51.9 Å². The van der Waals surface area contributed by atoms with E-state index in [2.05, 4.69) is 41.8 Å². The molecule has 1 aromatic carbocycles. The van der Waals surface area contributed by atoms with E-state index in [4.69, 9.17) is 0 Å². The quantitative estimate of drug-likeness (QED) is 0.836. The van der Waals surface area contributed by atoms with Crippen LogP contribution in [0.4, 0.5) is 0 Å². The molecule has 4 heteroatoms. The number of nitrogens with zero attached hydrogens (tertiary/aromatic N) is 2. The molecule has 140 valence electrons. The third-order valence-corrected chi connectivity index (χ3v) is 6.56. The summed E-state index contributed by atoms with van der Waals surface area (Å²) in [4.78, 5) is 29.6. The molecule has 2 fully saturated rings. The lowest BCUT2D eigenvalue weighted by atomic mass is 9.77. The highest BCUT2D eigenvalue weighted by atomic mass is 16.2. The Bertz CT molecular complexity index is 704. The lowest BCUT2D eigenvalue weighted by molar-refractivity contribution is -0.135. The molecule has 1 spiro atoms. The number of aryl methyl sites for hydroxylation is 1. The van der Waals surface area contributed by atoms with Crippen molar-refractivity contribution in [2.24, 2.45) is 11.3 Å². The van der Waals surface area contributed by atoms with Gasteiger partial charge in [0.25, 0.3) is 0 Å². The number of hydrogen-bond donors (Lipinski definition) is 0. The number of carbonyl (C=O) groups is 2. The van der Waals surface area contributed by atoms with Crippen molar-refractivity contribution in [2.75, 3.05) is 26.2 Å². The van der Waals surface area contributed by atoms with Gasteiger partial charge in [-0.15, -0.1) is 0 Å². The van der Waals surface area contributed by atoms with E-state index in [0.29, 0.717) is 24.2 Å². The fourth-order valence-corrected chi connectivity index (χ4v) is 5.16. The second-order valence-corrected chi connectivity index (χ2v) is 8.96. The lowest BCUT2D eigenvalue weighted by Gasteiger charge is -2.39. The van der Waals surface area contributed by atoms with E-state index in [-0.39, 0.29) is 11.3 Å². The van der Waals surface area contributed by atoms with Gasteiger partial charge in [0.2, 0.25) is 11.8 Å². The molecule has 3 aliphatic rings. The Morgan fingerprint density at radius 2 is 1.96 bits per heavy atom. The minimum atomic E-state index is 0.0444. The lowest BCUT2D eigenvalue weighted by Crippen LogP contribution is -2.45. The SMILES string of the molecule is CC(C)CN1CC2(CCN(C(=O)C3CCc4ccccc43)CC2)CC1=O. The molecule has 0 bridgehead atoms. The fourth-order valence-electron chi connectivity index (χ4n) is 5.16. The maximum atomic E-state index is 13.1. The van der Waals surface area contributed by atoms with Crippen LogP contribution in [0.3, 0.4) is 0 Å². The Morgan fingerprint density at radius 1 is 1.23 bits per heavy atom. The van der Waals surface area contributed by atoms with Crippen molar-refractivity contribution in [3.05, 3.63) is 35.4 Å². The largest absolute Gasteiger partial charge is 0.342 e. The molecule has 26 heavy (non-hydrogen) atoms. The van der Waals surface area contributed by atoms with Crippen molar-refractivity contribution in [3.63, 3.8) is 0 Å². The van der Waals surface area contributed by atoms with Crippen molar-refractivity contribution in [1.82, 2.24) is 9.80 Å². The summed E-state index contributed by atoms with van der Waals surface area (Å²) in [6.45, 7) is 7.69. The van der Waals surface area contributed by atoms with Crippen LogP contribution in [0.5, 0.6) is 0 Å². The normalized spacial score (nSPS) is 24.6. The van der Waals surface area contributed by atoms with Gasteiger partial charge < -0.3 is 9.80 Å². The van der Waals surface area contributed by atoms with Crippen LogP contribution < -0.4 is 0 Å². The summed E-state index contributed by atoms with van der Waals surface area (Å²) >= 11 is 0. The van der Waals surface area contributed by atoms with Gasteiger partial charge in [-0.2, -0.15) is 0 Å². The number of amides is 2. The molecule has 2 amide bonds. The summed E-state index contributed by atoms with van der Waals surface area (Å²) in [6.07, 6.45) is 4.57. The first-order chi connectivity index (χ1) is 12.5. The Labute approximate surface area is 156 Å². The van der Waals surface area contributed by atoms with E-state index >= 15 is 0 Å². The van der Waals surface area contributed by atoms with E-state index in [1.165, 1.54) is 11.1 Å². The minimum Gasteiger partial charge on any atom is -0.342 e. The highest BCUT2D eigenvalue weighted by Gasteiger charge is 2.46. The predicted molar refractivity (Wildman–Crippen MR) is 102 cm³/mol. The fraction of sp³-hybridized carbons (Fsp3) is 0.636. The number of carbonyl (C=O) groups excluding carboxylic acids is 2. The summed E-state index contributed by atoms with van der Waals surface area (Å²) in [5.41, 5.74) is 2.68. The summed E-state index contributed by atoms with van der Waals surface area (Å²) in [7, 11) is 0. The number of hydrogen-bond acceptors (Lipinski definition) is 2. The smallest absolute Gasteiger partial charge is 0.230 e. The standard InChI is InChI=1S/C22H30N2O2/c1-16(2)14-24-15-22(13-20(24)25)9-11-23(12-10-22)21(26)19-8-7-17-5-3-4-6-18(17)19/h3-6,16,19H,7-15H2,1-2H3. The van der Waals surface area contributed by atoms with Crippen molar-refractivity contribution < 1.29 is 9.59 Å². The van der Waals surface area contributed by atoms with Crippen LogP contribution in [-0.2, 0) is 16.0 Å². The molecular formula is C22H30N2O2. The van der Waals surface area contributed by atoms with Crippen molar-refractivity contribution in [1.29, 1.82) is 0 Å². The van der Waals surface area contributed by atoms with E-state index in [1.54, 1.807) is 0 Å². The van der Waals surface area contributed by atoms with Crippen molar-refractivity contribution >= 4 is 11.8 Å². The molecule has 0 saturated carbocycles. The van der Waals surface area contributed by atoms with Gasteiger partial charge in [0.15, 0.2) is 0 Å². The monoisotopic (exact) mass is 354 g/mol. The number of fused-ring (bicyclic) bond motifs is 1. The zero-order valence-corrected chi connectivity index (χ0v) is 16.0. The second-order valence-electron chi connectivity index (χ2n) is 8.96. The molecule has 2 heterocycles. The molecule has 1 aromatic rings. The summed E-state index contributed by atoms with van der Waals surface area (Å²) < 4.78 is 0. The Hall–Kier alpha value is -1.84. The van der Waals surface area contributed by atoms with Gasteiger partial charge in [-0.3, -0.25) is 9.59 Å². The highest BCUT2D eigenvalue weighted by Crippen LogP contribution is 2.42.